The van der Waals surface area contributed by atoms with Gasteiger partial charge < -0.3 is 28.8 Å². The molecule has 1 fully saturated rings. The van der Waals surface area contributed by atoms with Crippen LogP contribution in [0.25, 0.3) is 0 Å². The molecule has 0 bridgehead atoms. The molecule has 5 atom stereocenters. The first-order valence-corrected chi connectivity index (χ1v) is 11.5. The van der Waals surface area contributed by atoms with Crippen LogP contribution in [0.2, 0.25) is 0 Å². The summed E-state index contributed by atoms with van der Waals surface area (Å²) in [5, 5.41) is 10.6. The Morgan fingerprint density at radius 2 is 1.11 bits per heavy atom. The molecule has 0 aliphatic carbocycles. The maximum absolute atomic E-state index is 10.6. The third kappa shape index (κ3) is 9.51. The minimum absolute atomic E-state index is 0.306. The van der Waals surface area contributed by atoms with Crippen LogP contribution in [0.4, 0.5) is 0 Å². The van der Waals surface area contributed by atoms with Gasteiger partial charge in [0.25, 0.3) is 0 Å². The number of hydrogen-bond acceptors (Lipinski definition) is 6. The SMILES string of the molecule is CCCCOCC1O[C@@H](O)[C@@H](OCCCC)C(OCCCC)[C@H]1OCCCC. The zero-order valence-corrected chi connectivity index (χ0v) is 18.6. The molecule has 0 aromatic rings. The molecule has 2 unspecified atom stereocenters. The van der Waals surface area contributed by atoms with Crippen LogP contribution >= 0.6 is 0 Å². The van der Waals surface area contributed by atoms with Gasteiger partial charge in [0.2, 0.25) is 0 Å². The molecule has 0 spiro atoms. The van der Waals surface area contributed by atoms with Gasteiger partial charge in [-0.3, -0.25) is 0 Å². The molecule has 1 N–H and O–H groups in total. The van der Waals surface area contributed by atoms with E-state index < -0.39 is 12.4 Å². The van der Waals surface area contributed by atoms with Gasteiger partial charge >= 0.3 is 0 Å². The van der Waals surface area contributed by atoms with E-state index in [2.05, 4.69) is 27.7 Å². The van der Waals surface area contributed by atoms with Crippen LogP contribution in [0.3, 0.4) is 0 Å². The number of ether oxygens (including phenoxy) is 5. The van der Waals surface area contributed by atoms with Crippen molar-refractivity contribution in [3.8, 4) is 0 Å². The van der Waals surface area contributed by atoms with Gasteiger partial charge in [-0.25, -0.2) is 0 Å². The van der Waals surface area contributed by atoms with Gasteiger partial charge in [-0.05, 0) is 25.7 Å². The smallest absolute Gasteiger partial charge is 0.184 e. The van der Waals surface area contributed by atoms with Gasteiger partial charge in [0, 0.05) is 26.4 Å². The third-order valence-electron chi connectivity index (χ3n) is 4.96. The third-order valence-corrected chi connectivity index (χ3v) is 4.96. The summed E-state index contributed by atoms with van der Waals surface area (Å²) in [5.41, 5.74) is 0. The Hall–Kier alpha value is -0.240. The van der Waals surface area contributed by atoms with E-state index in [1.54, 1.807) is 0 Å². The molecule has 1 aliphatic rings. The molecule has 1 heterocycles. The fourth-order valence-electron chi connectivity index (χ4n) is 3.13. The molecule has 0 aromatic carbocycles. The lowest BCUT2D eigenvalue weighted by molar-refractivity contribution is -0.312. The Bertz CT molecular complexity index is 354. The van der Waals surface area contributed by atoms with Crippen molar-refractivity contribution >= 4 is 0 Å². The monoisotopic (exact) mass is 404 g/mol. The van der Waals surface area contributed by atoms with E-state index in [-0.39, 0.29) is 18.3 Å². The maximum atomic E-state index is 10.6. The van der Waals surface area contributed by atoms with E-state index in [1.165, 1.54) is 0 Å². The van der Waals surface area contributed by atoms with Crippen LogP contribution in [0.5, 0.6) is 0 Å². The molecule has 0 aromatic heterocycles. The Morgan fingerprint density at radius 1 is 0.643 bits per heavy atom. The van der Waals surface area contributed by atoms with E-state index in [0.29, 0.717) is 33.0 Å². The van der Waals surface area contributed by atoms with Crippen molar-refractivity contribution in [3.63, 3.8) is 0 Å². The normalized spacial score (nSPS) is 28.0. The number of aliphatic hydroxyl groups is 1. The van der Waals surface area contributed by atoms with Crippen molar-refractivity contribution < 1.29 is 28.8 Å². The van der Waals surface area contributed by atoms with Crippen LogP contribution in [0.15, 0.2) is 0 Å². The second-order valence-corrected chi connectivity index (χ2v) is 7.56. The van der Waals surface area contributed by atoms with Crippen molar-refractivity contribution in [2.24, 2.45) is 0 Å². The van der Waals surface area contributed by atoms with Crippen LogP contribution in [0.1, 0.15) is 79.1 Å². The summed E-state index contributed by atoms with van der Waals surface area (Å²) >= 11 is 0. The Morgan fingerprint density at radius 3 is 1.64 bits per heavy atom. The summed E-state index contributed by atoms with van der Waals surface area (Å²) in [6, 6.07) is 0. The topological polar surface area (TPSA) is 66.4 Å². The standard InChI is InChI=1S/C22H44O6/c1-5-9-13-24-17-18-19(25-14-10-6-2)20(26-15-11-7-3)21(22(23)28-18)27-16-12-8-4/h18-23H,5-17H2,1-4H3/t18?,19-,20?,21-,22+/m0/s1. The summed E-state index contributed by atoms with van der Waals surface area (Å²) < 4.78 is 30.1. The summed E-state index contributed by atoms with van der Waals surface area (Å²) in [6.07, 6.45) is 5.53. The fourth-order valence-corrected chi connectivity index (χ4v) is 3.13. The minimum atomic E-state index is -1.03. The quantitative estimate of drug-likeness (QED) is 0.369. The Kier molecular flexibility index (Phi) is 15.2. The maximum Gasteiger partial charge on any atom is 0.184 e. The summed E-state index contributed by atoms with van der Waals surface area (Å²) in [4.78, 5) is 0. The van der Waals surface area contributed by atoms with Crippen molar-refractivity contribution in [1.82, 2.24) is 0 Å². The average Bonchev–Trinajstić information content (AvgIpc) is 2.69. The van der Waals surface area contributed by atoms with Gasteiger partial charge in [-0.15, -0.1) is 0 Å². The predicted molar refractivity (Wildman–Crippen MR) is 111 cm³/mol. The highest BCUT2D eigenvalue weighted by atomic mass is 16.7. The van der Waals surface area contributed by atoms with Gasteiger partial charge in [-0.1, -0.05) is 53.4 Å². The van der Waals surface area contributed by atoms with Crippen molar-refractivity contribution in [3.05, 3.63) is 0 Å². The van der Waals surface area contributed by atoms with Gasteiger partial charge in [0.15, 0.2) is 6.29 Å². The van der Waals surface area contributed by atoms with Crippen molar-refractivity contribution in [2.75, 3.05) is 33.0 Å². The van der Waals surface area contributed by atoms with E-state index in [9.17, 15) is 5.11 Å². The van der Waals surface area contributed by atoms with E-state index in [4.69, 9.17) is 23.7 Å². The average molecular weight is 405 g/mol. The fraction of sp³-hybridized carbons (Fsp3) is 1.00. The molecular weight excluding hydrogens is 360 g/mol. The van der Waals surface area contributed by atoms with E-state index >= 15 is 0 Å². The van der Waals surface area contributed by atoms with Gasteiger partial charge in [-0.2, -0.15) is 0 Å². The molecule has 0 radical (unpaired) electrons. The lowest BCUT2D eigenvalue weighted by Gasteiger charge is -2.44. The summed E-state index contributed by atoms with van der Waals surface area (Å²) in [7, 11) is 0. The van der Waals surface area contributed by atoms with Gasteiger partial charge in [0.1, 0.15) is 24.4 Å². The van der Waals surface area contributed by atoms with Crippen LogP contribution in [0, 0.1) is 0 Å². The number of unbranched alkanes of at least 4 members (excludes halogenated alkanes) is 4. The minimum Gasteiger partial charge on any atom is -0.379 e. The molecule has 6 heteroatoms. The molecular formula is C22H44O6. The molecule has 168 valence electrons. The first kappa shape index (κ1) is 25.8. The molecule has 1 saturated heterocycles. The van der Waals surface area contributed by atoms with E-state index in [0.717, 1.165) is 51.4 Å². The molecule has 0 saturated carbocycles. The number of aliphatic hydroxyl groups excluding tert-OH is 1. The van der Waals surface area contributed by atoms with Crippen molar-refractivity contribution in [1.29, 1.82) is 0 Å². The summed E-state index contributed by atoms with van der Waals surface area (Å²) in [6.45, 7) is 11.5. The highest BCUT2D eigenvalue weighted by molar-refractivity contribution is 4.92. The van der Waals surface area contributed by atoms with Crippen LogP contribution in [-0.2, 0) is 23.7 Å². The zero-order valence-electron chi connectivity index (χ0n) is 18.6. The number of hydrogen-bond donors (Lipinski definition) is 1. The highest BCUT2D eigenvalue weighted by Crippen LogP contribution is 2.28. The molecule has 1 aliphatic heterocycles. The second-order valence-electron chi connectivity index (χ2n) is 7.56. The highest BCUT2D eigenvalue weighted by Gasteiger charge is 2.47. The van der Waals surface area contributed by atoms with E-state index in [1.807, 2.05) is 0 Å². The molecule has 28 heavy (non-hydrogen) atoms. The first-order valence-electron chi connectivity index (χ1n) is 11.5. The predicted octanol–water partition coefficient (Wildman–Crippen LogP) is 4.08. The largest absolute Gasteiger partial charge is 0.379 e. The Labute approximate surface area is 172 Å². The van der Waals surface area contributed by atoms with Crippen molar-refractivity contribution in [2.45, 2.75) is 110 Å². The lowest BCUT2D eigenvalue weighted by Crippen LogP contribution is -2.61. The number of rotatable bonds is 17. The van der Waals surface area contributed by atoms with Gasteiger partial charge in [0.05, 0.1) is 6.61 Å². The second kappa shape index (κ2) is 16.5. The molecule has 0 amide bonds. The Balaban J connectivity index is 2.84. The zero-order chi connectivity index (χ0) is 20.6. The first-order chi connectivity index (χ1) is 13.7. The lowest BCUT2D eigenvalue weighted by atomic mass is 9.98. The van der Waals surface area contributed by atoms with Crippen LogP contribution < -0.4 is 0 Å². The van der Waals surface area contributed by atoms with Crippen LogP contribution in [-0.4, -0.2) is 68.8 Å². The summed E-state index contributed by atoms with van der Waals surface area (Å²) in [5.74, 6) is 0. The molecule has 1 rings (SSSR count). The molecule has 6 nitrogen and oxygen atoms in total.